The first-order chi connectivity index (χ1) is 9.30. The molecular formula is C13H15N3O4. The number of nitriles is 1. The highest BCUT2D eigenvalue weighted by Gasteiger charge is 2.20. The van der Waals surface area contributed by atoms with Crippen molar-refractivity contribution in [3.05, 3.63) is 33.9 Å². The largest absolute Gasteiger partial charge is 0.490 e. The molecule has 0 aliphatic rings. The van der Waals surface area contributed by atoms with Gasteiger partial charge in [0, 0.05) is 24.2 Å². The zero-order valence-corrected chi connectivity index (χ0v) is 11.5. The van der Waals surface area contributed by atoms with E-state index >= 15 is 0 Å². The Bertz CT molecular complexity index is 575. The number of rotatable bonds is 5. The molecule has 0 unspecified atom stereocenters. The highest BCUT2D eigenvalue weighted by molar-refractivity contribution is 5.95. The first kappa shape index (κ1) is 15.4. The molecule has 0 radical (unpaired) electrons. The van der Waals surface area contributed by atoms with E-state index in [2.05, 4.69) is 11.4 Å². The van der Waals surface area contributed by atoms with E-state index in [0.717, 1.165) is 0 Å². The topological polar surface area (TPSA) is 105 Å². The number of hydrogen-bond donors (Lipinski definition) is 1. The fraction of sp³-hybridized carbons (Fsp3) is 0.385. The van der Waals surface area contributed by atoms with Crippen LogP contribution in [0.4, 0.5) is 5.69 Å². The zero-order chi connectivity index (χ0) is 15.3. The van der Waals surface area contributed by atoms with Gasteiger partial charge >= 0.3 is 5.69 Å². The lowest BCUT2D eigenvalue weighted by Gasteiger charge is -2.15. The third-order valence-corrected chi connectivity index (χ3v) is 2.63. The van der Waals surface area contributed by atoms with E-state index in [4.69, 9.17) is 10.00 Å². The maximum absolute atomic E-state index is 11.9. The Morgan fingerprint density at radius 3 is 2.70 bits per heavy atom. The number of nitro benzene ring substituents is 1. The molecule has 1 N–H and O–H groups in total. The molecule has 0 aliphatic heterocycles. The summed E-state index contributed by atoms with van der Waals surface area (Å²) in [5.41, 5.74) is -0.650. The van der Waals surface area contributed by atoms with Gasteiger partial charge in [-0.2, -0.15) is 5.26 Å². The lowest BCUT2D eigenvalue weighted by Crippen LogP contribution is -2.33. The first-order valence-electron chi connectivity index (χ1n) is 5.82. The summed E-state index contributed by atoms with van der Waals surface area (Å²) in [7, 11) is 1.29. The molecule has 0 atom stereocenters. The first-order valence-corrected chi connectivity index (χ1v) is 5.82. The standard InChI is InChI=1S/C13H15N3O4/c1-13(2,7-14)8-15-12(17)9-4-5-10(16(18)19)11(6-9)20-3/h4-6H,8H2,1-3H3,(H,15,17). The normalized spacial score (nSPS) is 10.5. The molecule has 0 aliphatic carbocycles. The molecular weight excluding hydrogens is 262 g/mol. The summed E-state index contributed by atoms with van der Waals surface area (Å²) in [6.45, 7) is 3.58. The van der Waals surface area contributed by atoms with E-state index in [1.54, 1.807) is 13.8 Å². The van der Waals surface area contributed by atoms with Gasteiger partial charge in [0.2, 0.25) is 0 Å². The van der Waals surface area contributed by atoms with E-state index in [9.17, 15) is 14.9 Å². The molecule has 0 aromatic heterocycles. The average Bonchev–Trinajstić information content (AvgIpc) is 2.43. The second-order valence-corrected chi connectivity index (χ2v) is 4.82. The molecule has 7 heteroatoms. The van der Waals surface area contributed by atoms with Crippen molar-refractivity contribution in [2.45, 2.75) is 13.8 Å². The Balaban J connectivity index is 2.90. The van der Waals surface area contributed by atoms with Crippen LogP contribution >= 0.6 is 0 Å². The molecule has 106 valence electrons. The van der Waals surface area contributed by atoms with Crippen molar-refractivity contribution >= 4 is 11.6 Å². The van der Waals surface area contributed by atoms with Crippen molar-refractivity contribution in [3.63, 3.8) is 0 Å². The molecule has 0 heterocycles. The van der Waals surface area contributed by atoms with Crippen LogP contribution in [0.5, 0.6) is 5.75 Å². The predicted octanol–water partition coefficient (Wildman–Crippen LogP) is 1.88. The number of methoxy groups -OCH3 is 1. The van der Waals surface area contributed by atoms with Crippen LogP contribution in [0.2, 0.25) is 0 Å². The van der Waals surface area contributed by atoms with Gasteiger partial charge in [-0.15, -0.1) is 0 Å². The number of nitrogens with zero attached hydrogens (tertiary/aromatic N) is 2. The second-order valence-electron chi connectivity index (χ2n) is 4.82. The van der Waals surface area contributed by atoms with Crippen LogP contribution in [0.15, 0.2) is 18.2 Å². The number of carbonyl (C=O) groups excluding carboxylic acids is 1. The number of carbonyl (C=O) groups is 1. The van der Waals surface area contributed by atoms with Crippen LogP contribution in [0, 0.1) is 26.9 Å². The fourth-order valence-electron chi connectivity index (χ4n) is 1.41. The van der Waals surface area contributed by atoms with Crippen LogP contribution in [0.1, 0.15) is 24.2 Å². The summed E-state index contributed by atoms with van der Waals surface area (Å²) >= 11 is 0. The minimum absolute atomic E-state index is 0.0159. The number of hydrogen-bond acceptors (Lipinski definition) is 5. The summed E-state index contributed by atoms with van der Waals surface area (Å²) in [5, 5.41) is 22.2. The Kier molecular flexibility index (Phi) is 4.64. The Hall–Kier alpha value is -2.62. The van der Waals surface area contributed by atoms with Crippen LogP contribution < -0.4 is 10.1 Å². The van der Waals surface area contributed by atoms with E-state index in [0.29, 0.717) is 0 Å². The van der Waals surface area contributed by atoms with Gasteiger partial charge in [-0.25, -0.2) is 0 Å². The smallest absolute Gasteiger partial charge is 0.310 e. The molecule has 0 saturated heterocycles. The number of amides is 1. The summed E-state index contributed by atoms with van der Waals surface area (Å²) in [4.78, 5) is 22.1. The Labute approximate surface area is 116 Å². The quantitative estimate of drug-likeness (QED) is 0.653. The van der Waals surface area contributed by atoms with Gasteiger partial charge in [0.05, 0.1) is 23.5 Å². The minimum atomic E-state index is -0.680. The van der Waals surface area contributed by atoms with Crippen LogP contribution in [0.25, 0.3) is 0 Å². The molecule has 7 nitrogen and oxygen atoms in total. The summed E-state index contributed by atoms with van der Waals surface area (Å²) in [6.07, 6.45) is 0. The van der Waals surface area contributed by atoms with Gasteiger partial charge in [-0.05, 0) is 19.9 Å². The Morgan fingerprint density at radius 1 is 1.55 bits per heavy atom. The van der Waals surface area contributed by atoms with E-state index in [1.165, 1.54) is 25.3 Å². The fourth-order valence-corrected chi connectivity index (χ4v) is 1.41. The Morgan fingerprint density at radius 2 is 2.20 bits per heavy atom. The SMILES string of the molecule is COc1cc(C(=O)NCC(C)(C)C#N)ccc1[N+](=O)[O-]. The molecule has 0 spiro atoms. The molecule has 1 rings (SSSR count). The van der Waals surface area contributed by atoms with E-state index in [-0.39, 0.29) is 23.5 Å². The van der Waals surface area contributed by atoms with Crippen LogP contribution in [0.3, 0.4) is 0 Å². The van der Waals surface area contributed by atoms with Gasteiger partial charge in [0.15, 0.2) is 5.75 Å². The molecule has 20 heavy (non-hydrogen) atoms. The highest BCUT2D eigenvalue weighted by atomic mass is 16.6. The lowest BCUT2D eigenvalue weighted by molar-refractivity contribution is -0.385. The second kappa shape index (κ2) is 6.02. The highest BCUT2D eigenvalue weighted by Crippen LogP contribution is 2.27. The van der Waals surface area contributed by atoms with E-state index < -0.39 is 16.2 Å². The molecule has 1 aromatic carbocycles. The van der Waals surface area contributed by atoms with Crippen molar-refractivity contribution < 1.29 is 14.5 Å². The van der Waals surface area contributed by atoms with E-state index in [1.807, 2.05) is 0 Å². The lowest BCUT2D eigenvalue weighted by atomic mass is 9.96. The monoisotopic (exact) mass is 277 g/mol. The van der Waals surface area contributed by atoms with Crippen LogP contribution in [-0.4, -0.2) is 24.5 Å². The molecule has 1 aromatic rings. The maximum atomic E-state index is 11.9. The molecule has 0 saturated carbocycles. The van der Waals surface area contributed by atoms with Gasteiger partial charge in [0.25, 0.3) is 5.91 Å². The number of ether oxygens (including phenoxy) is 1. The van der Waals surface area contributed by atoms with Crippen molar-refractivity contribution in [2.24, 2.45) is 5.41 Å². The minimum Gasteiger partial charge on any atom is -0.490 e. The van der Waals surface area contributed by atoms with Crippen LogP contribution in [-0.2, 0) is 0 Å². The average molecular weight is 277 g/mol. The van der Waals surface area contributed by atoms with Gasteiger partial charge in [0.1, 0.15) is 0 Å². The van der Waals surface area contributed by atoms with Crippen molar-refractivity contribution in [3.8, 4) is 11.8 Å². The van der Waals surface area contributed by atoms with Crippen molar-refractivity contribution in [2.75, 3.05) is 13.7 Å². The maximum Gasteiger partial charge on any atom is 0.310 e. The number of nitrogens with one attached hydrogen (secondary N) is 1. The number of benzene rings is 1. The third-order valence-electron chi connectivity index (χ3n) is 2.63. The van der Waals surface area contributed by atoms with Gasteiger partial charge < -0.3 is 10.1 Å². The molecule has 0 bridgehead atoms. The van der Waals surface area contributed by atoms with Gasteiger partial charge in [-0.3, -0.25) is 14.9 Å². The summed E-state index contributed by atoms with van der Waals surface area (Å²) in [6, 6.07) is 5.92. The third kappa shape index (κ3) is 3.68. The number of nitro groups is 1. The summed E-state index contributed by atoms with van der Waals surface area (Å²) < 4.78 is 4.89. The van der Waals surface area contributed by atoms with Crippen molar-refractivity contribution in [1.29, 1.82) is 5.26 Å². The van der Waals surface area contributed by atoms with Crippen molar-refractivity contribution in [1.82, 2.24) is 5.32 Å². The predicted molar refractivity (Wildman–Crippen MR) is 71.4 cm³/mol. The summed E-state index contributed by atoms with van der Waals surface area (Å²) in [5.74, 6) is -0.399. The van der Waals surface area contributed by atoms with Gasteiger partial charge in [-0.1, -0.05) is 0 Å². The molecule has 1 amide bonds. The zero-order valence-electron chi connectivity index (χ0n) is 11.5. The molecule has 0 fully saturated rings.